The molecule has 114 valence electrons. The fourth-order valence-corrected chi connectivity index (χ4v) is 1.69. The summed E-state index contributed by atoms with van der Waals surface area (Å²) in [7, 11) is 0. The van der Waals surface area contributed by atoms with Gasteiger partial charge in [-0.25, -0.2) is 0 Å². The standard InChI is InChI=1S/C14H16F3N3O/c1-3-8(2)12(19)13(21)20-10-5-4-9(7-18)11(6-10)14(15,16)17/h4-6,8,12H,3,19H2,1-2H3,(H,20,21)/t8-,12-/m0/s1. The highest BCUT2D eigenvalue weighted by molar-refractivity contribution is 5.95. The fraction of sp³-hybridized carbons (Fsp3) is 0.429. The van der Waals surface area contributed by atoms with Crippen molar-refractivity contribution in [2.24, 2.45) is 11.7 Å². The normalized spacial score (nSPS) is 14.1. The molecular weight excluding hydrogens is 283 g/mol. The second-order valence-electron chi connectivity index (χ2n) is 4.77. The molecular formula is C14H16F3N3O. The zero-order valence-electron chi connectivity index (χ0n) is 11.7. The Morgan fingerprint density at radius 3 is 2.57 bits per heavy atom. The van der Waals surface area contributed by atoms with Gasteiger partial charge in [-0.2, -0.15) is 18.4 Å². The zero-order valence-corrected chi connectivity index (χ0v) is 11.7. The van der Waals surface area contributed by atoms with Gasteiger partial charge in [0.05, 0.1) is 23.2 Å². The van der Waals surface area contributed by atoms with Crippen LogP contribution in [0.1, 0.15) is 31.4 Å². The molecule has 0 bridgehead atoms. The lowest BCUT2D eigenvalue weighted by atomic mass is 9.99. The fourth-order valence-electron chi connectivity index (χ4n) is 1.69. The third-order valence-electron chi connectivity index (χ3n) is 3.27. The van der Waals surface area contributed by atoms with Crippen LogP contribution in [0.25, 0.3) is 0 Å². The van der Waals surface area contributed by atoms with Crippen molar-refractivity contribution in [2.75, 3.05) is 5.32 Å². The van der Waals surface area contributed by atoms with Gasteiger partial charge in [0.2, 0.25) is 5.91 Å². The number of halogens is 3. The molecule has 21 heavy (non-hydrogen) atoms. The summed E-state index contributed by atoms with van der Waals surface area (Å²) >= 11 is 0. The molecule has 1 rings (SSSR count). The number of carbonyl (C=O) groups is 1. The minimum Gasteiger partial charge on any atom is -0.325 e. The van der Waals surface area contributed by atoms with E-state index in [4.69, 9.17) is 11.0 Å². The van der Waals surface area contributed by atoms with E-state index in [-0.39, 0.29) is 11.6 Å². The first kappa shape index (κ1) is 17.0. The summed E-state index contributed by atoms with van der Waals surface area (Å²) in [5.41, 5.74) is 4.10. The minimum atomic E-state index is -4.66. The van der Waals surface area contributed by atoms with Crippen LogP contribution in [0.4, 0.5) is 18.9 Å². The monoisotopic (exact) mass is 299 g/mol. The molecule has 0 unspecified atom stereocenters. The van der Waals surface area contributed by atoms with E-state index in [1.165, 1.54) is 12.1 Å². The van der Waals surface area contributed by atoms with Crippen LogP contribution in [0, 0.1) is 17.2 Å². The second kappa shape index (κ2) is 6.59. The maximum atomic E-state index is 12.8. The lowest BCUT2D eigenvalue weighted by Gasteiger charge is -2.18. The predicted molar refractivity (Wildman–Crippen MR) is 72.2 cm³/mol. The van der Waals surface area contributed by atoms with Crippen LogP contribution >= 0.6 is 0 Å². The number of anilines is 1. The Morgan fingerprint density at radius 2 is 2.10 bits per heavy atom. The number of nitrogens with two attached hydrogens (primary N) is 1. The van der Waals surface area contributed by atoms with E-state index in [0.717, 1.165) is 12.1 Å². The molecule has 2 atom stereocenters. The molecule has 7 heteroatoms. The van der Waals surface area contributed by atoms with Gasteiger partial charge in [-0.15, -0.1) is 0 Å². The Morgan fingerprint density at radius 1 is 1.48 bits per heavy atom. The molecule has 0 saturated carbocycles. The van der Waals surface area contributed by atoms with Crippen molar-refractivity contribution in [3.05, 3.63) is 29.3 Å². The Hall–Kier alpha value is -2.07. The molecule has 4 nitrogen and oxygen atoms in total. The van der Waals surface area contributed by atoms with Gasteiger partial charge in [0.1, 0.15) is 0 Å². The van der Waals surface area contributed by atoms with E-state index in [2.05, 4.69) is 5.32 Å². The number of benzene rings is 1. The molecule has 0 radical (unpaired) electrons. The van der Waals surface area contributed by atoms with E-state index in [0.29, 0.717) is 6.42 Å². The number of hydrogen-bond donors (Lipinski definition) is 2. The third kappa shape index (κ3) is 4.20. The molecule has 1 aromatic carbocycles. The van der Waals surface area contributed by atoms with Crippen molar-refractivity contribution >= 4 is 11.6 Å². The number of amides is 1. The van der Waals surface area contributed by atoms with Crippen LogP contribution in [0.15, 0.2) is 18.2 Å². The van der Waals surface area contributed by atoms with Crippen molar-refractivity contribution in [3.63, 3.8) is 0 Å². The number of rotatable bonds is 4. The minimum absolute atomic E-state index is 0.0370. The summed E-state index contributed by atoms with van der Waals surface area (Å²) in [5.74, 6) is -0.646. The Bertz CT molecular complexity index is 564. The van der Waals surface area contributed by atoms with Crippen molar-refractivity contribution in [3.8, 4) is 6.07 Å². The number of carbonyl (C=O) groups excluding carboxylic acids is 1. The summed E-state index contributed by atoms with van der Waals surface area (Å²) in [6.45, 7) is 3.64. The van der Waals surface area contributed by atoms with Crippen molar-refractivity contribution in [1.29, 1.82) is 5.26 Å². The van der Waals surface area contributed by atoms with Crippen LogP contribution < -0.4 is 11.1 Å². The summed E-state index contributed by atoms with van der Waals surface area (Å²) in [6, 6.07) is 3.67. The van der Waals surface area contributed by atoms with Crippen LogP contribution in [0.3, 0.4) is 0 Å². The molecule has 1 aromatic rings. The van der Waals surface area contributed by atoms with Gasteiger partial charge in [0, 0.05) is 5.69 Å². The van der Waals surface area contributed by atoms with E-state index in [1.807, 2.05) is 6.92 Å². The smallest absolute Gasteiger partial charge is 0.325 e. The average molecular weight is 299 g/mol. The van der Waals surface area contributed by atoms with E-state index >= 15 is 0 Å². The van der Waals surface area contributed by atoms with E-state index in [9.17, 15) is 18.0 Å². The van der Waals surface area contributed by atoms with Gasteiger partial charge in [-0.05, 0) is 24.1 Å². The molecule has 0 fully saturated rings. The van der Waals surface area contributed by atoms with Crippen LogP contribution in [-0.4, -0.2) is 11.9 Å². The van der Waals surface area contributed by atoms with E-state index < -0.39 is 29.3 Å². The van der Waals surface area contributed by atoms with Crippen LogP contribution in [0.2, 0.25) is 0 Å². The predicted octanol–water partition coefficient (Wildman–Crippen LogP) is 2.89. The Balaban J connectivity index is 3.01. The topological polar surface area (TPSA) is 78.9 Å². The molecule has 0 aromatic heterocycles. The molecule has 3 N–H and O–H groups in total. The first-order valence-electron chi connectivity index (χ1n) is 6.38. The maximum absolute atomic E-state index is 12.8. The lowest BCUT2D eigenvalue weighted by molar-refractivity contribution is -0.137. The SMILES string of the molecule is CC[C@H](C)[C@H](N)C(=O)Nc1ccc(C#N)c(C(F)(F)F)c1. The highest BCUT2D eigenvalue weighted by atomic mass is 19.4. The van der Waals surface area contributed by atoms with Gasteiger partial charge in [-0.1, -0.05) is 20.3 Å². The summed E-state index contributed by atoms with van der Waals surface area (Å²) < 4.78 is 38.4. The number of nitrogens with zero attached hydrogens (tertiary/aromatic N) is 1. The largest absolute Gasteiger partial charge is 0.417 e. The van der Waals surface area contributed by atoms with Crippen molar-refractivity contribution in [2.45, 2.75) is 32.5 Å². The maximum Gasteiger partial charge on any atom is 0.417 e. The molecule has 1 amide bonds. The van der Waals surface area contributed by atoms with E-state index in [1.54, 1.807) is 6.92 Å². The summed E-state index contributed by atoms with van der Waals surface area (Å²) in [4.78, 5) is 11.8. The lowest BCUT2D eigenvalue weighted by Crippen LogP contribution is -2.40. The number of hydrogen-bond acceptors (Lipinski definition) is 3. The molecule has 0 heterocycles. The first-order valence-corrected chi connectivity index (χ1v) is 6.38. The molecule has 0 aliphatic rings. The zero-order chi connectivity index (χ0) is 16.2. The average Bonchev–Trinajstić information content (AvgIpc) is 2.44. The Labute approximate surface area is 120 Å². The van der Waals surface area contributed by atoms with Gasteiger partial charge in [-0.3, -0.25) is 4.79 Å². The molecule has 0 saturated heterocycles. The van der Waals surface area contributed by atoms with Gasteiger partial charge >= 0.3 is 6.18 Å². The molecule has 0 aliphatic carbocycles. The molecule has 0 spiro atoms. The van der Waals surface area contributed by atoms with Crippen molar-refractivity contribution < 1.29 is 18.0 Å². The number of nitrogens with one attached hydrogen (secondary N) is 1. The third-order valence-corrected chi connectivity index (χ3v) is 3.27. The highest BCUT2D eigenvalue weighted by Gasteiger charge is 2.34. The van der Waals surface area contributed by atoms with Gasteiger partial charge in [0.15, 0.2) is 0 Å². The summed E-state index contributed by atoms with van der Waals surface area (Å²) in [6.07, 6.45) is -3.99. The molecule has 0 aliphatic heterocycles. The van der Waals surface area contributed by atoms with Crippen LogP contribution in [0.5, 0.6) is 0 Å². The van der Waals surface area contributed by atoms with Crippen LogP contribution in [-0.2, 0) is 11.0 Å². The quantitative estimate of drug-likeness (QED) is 0.897. The second-order valence-corrected chi connectivity index (χ2v) is 4.77. The van der Waals surface area contributed by atoms with Crippen molar-refractivity contribution in [1.82, 2.24) is 0 Å². The number of nitriles is 1. The first-order chi connectivity index (χ1) is 9.70. The van der Waals surface area contributed by atoms with Gasteiger partial charge < -0.3 is 11.1 Å². The van der Waals surface area contributed by atoms with Gasteiger partial charge in [0.25, 0.3) is 0 Å². The highest BCUT2D eigenvalue weighted by Crippen LogP contribution is 2.33. The number of alkyl halides is 3. The summed E-state index contributed by atoms with van der Waals surface area (Å²) in [5, 5.41) is 11.0. The Kier molecular flexibility index (Phi) is 5.33.